The van der Waals surface area contributed by atoms with Crippen LogP contribution in [0.1, 0.15) is 59.6 Å². The van der Waals surface area contributed by atoms with Gasteiger partial charge < -0.3 is 9.51 Å². The number of carbonyl (C=O) groups excluding carboxylic acids is 1. The van der Waals surface area contributed by atoms with Crippen molar-refractivity contribution in [2.24, 2.45) is 11.8 Å². The summed E-state index contributed by atoms with van der Waals surface area (Å²) >= 11 is 0. The summed E-state index contributed by atoms with van der Waals surface area (Å²) in [5.74, 6) is 1.24. The Balaban J connectivity index is 1.31. The summed E-state index contributed by atoms with van der Waals surface area (Å²) in [6, 6.07) is 0. The summed E-state index contributed by atoms with van der Waals surface area (Å²) < 4.78 is 19.8. The third-order valence-corrected chi connectivity index (χ3v) is 6.57. The number of H-pyrrole nitrogens is 1. The van der Waals surface area contributed by atoms with E-state index in [1.807, 2.05) is 0 Å². The second kappa shape index (κ2) is 8.80. The first-order chi connectivity index (χ1) is 16.0. The molecule has 1 aliphatic rings. The first kappa shape index (κ1) is 21.4. The molecule has 33 heavy (non-hydrogen) atoms. The molecule has 1 aliphatic carbocycles. The molecule has 170 valence electrons. The van der Waals surface area contributed by atoms with Gasteiger partial charge in [-0.1, -0.05) is 18.0 Å². The lowest BCUT2D eigenvalue weighted by Gasteiger charge is -2.28. The van der Waals surface area contributed by atoms with Crippen molar-refractivity contribution in [2.75, 3.05) is 0 Å². The Morgan fingerprint density at radius 2 is 2.06 bits per heavy atom. The fourth-order valence-electron chi connectivity index (χ4n) is 5.01. The number of aryl methyl sites for hydroxylation is 2. The number of nitrogens with zero attached hydrogens (tertiary/aromatic N) is 5. The number of aromatic amines is 1. The third-order valence-electron chi connectivity index (χ3n) is 6.57. The number of rotatable bonds is 6. The van der Waals surface area contributed by atoms with Crippen LogP contribution in [-0.4, -0.2) is 35.9 Å². The van der Waals surface area contributed by atoms with Crippen LogP contribution in [0.15, 0.2) is 29.4 Å². The quantitative estimate of drug-likeness (QED) is 0.423. The van der Waals surface area contributed by atoms with Crippen LogP contribution >= 0.6 is 0 Å². The maximum absolute atomic E-state index is 14.6. The molecule has 8 nitrogen and oxygen atoms in total. The molecule has 4 aromatic rings. The van der Waals surface area contributed by atoms with Crippen molar-refractivity contribution in [3.05, 3.63) is 53.4 Å². The van der Waals surface area contributed by atoms with Crippen molar-refractivity contribution in [2.45, 2.75) is 52.4 Å². The summed E-state index contributed by atoms with van der Waals surface area (Å²) in [7, 11) is 0. The molecule has 4 aromatic heterocycles. The van der Waals surface area contributed by atoms with Crippen molar-refractivity contribution >= 4 is 16.8 Å². The summed E-state index contributed by atoms with van der Waals surface area (Å²) in [4.78, 5) is 32.9. The van der Waals surface area contributed by atoms with E-state index in [0.717, 1.165) is 36.6 Å². The van der Waals surface area contributed by atoms with Gasteiger partial charge in [0.2, 0.25) is 0 Å². The van der Waals surface area contributed by atoms with Crippen molar-refractivity contribution in [3.63, 3.8) is 0 Å². The Labute approximate surface area is 190 Å². The zero-order valence-corrected chi connectivity index (χ0v) is 18.6. The average molecular weight is 449 g/mol. The maximum Gasteiger partial charge on any atom is 0.168 e. The lowest BCUT2D eigenvalue weighted by atomic mass is 9.77. The zero-order chi connectivity index (χ0) is 22.9. The molecule has 0 saturated heterocycles. The van der Waals surface area contributed by atoms with Crippen LogP contribution < -0.4 is 0 Å². The van der Waals surface area contributed by atoms with Gasteiger partial charge in [0.05, 0.1) is 23.1 Å². The standard InChI is InChI=1S/C24H25FN6O2/c1-13-22(14(2)33-31-13)21(32)8-16-5-3-4-15(6-16)7-20-19(25)11-28-24(30-20)18-10-27-23-17(18)9-26-12-29-23/h9-12,15-16H,3-8H2,1-2H3,(H,26,27,29)/t15-,16+/m1/s1. The summed E-state index contributed by atoms with van der Waals surface area (Å²) in [5.41, 5.74) is 3.09. The molecule has 0 spiro atoms. The van der Waals surface area contributed by atoms with E-state index < -0.39 is 5.82 Å². The first-order valence-corrected chi connectivity index (χ1v) is 11.2. The van der Waals surface area contributed by atoms with Crippen molar-refractivity contribution in [3.8, 4) is 11.4 Å². The van der Waals surface area contributed by atoms with Crippen LogP contribution in [0.3, 0.4) is 0 Å². The minimum atomic E-state index is -0.399. The Morgan fingerprint density at radius 1 is 1.21 bits per heavy atom. The van der Waals surface area contributed by atoms with Crippen molar-refractivity contribution < 1.29 is 13.7 Å². The maximum atomic E-state index is 14.6. The predicted octanol–water partition coefficient (Wildman–Crippen LogP) is 4.78. The minimum absolute atomic E-state index is 0.0777. The highest BCUT2D eigenvalue weighted by atomic mass is 19.1. The van der Waals surface area contributed by atoms with Crippen LogP contribution in [-0.2, 0) is 6.42 Å². The van der Waals surface area contributed by atoms with Crippen LogP contribution in [0.2, 0.25) is 0 Å². The molecule has 1 saturated carbocycles. The average Bonchev–Trinajstić information content (AvgIpc) is 3.38. The lowest BCUT2D eigenvalue weighted by Crippen LogP contribution is -2.21. The van der Waals surface area contributed by atoms with Crippen LogP contribution in [0.5, 0.6) is 0 Å². The molecule has 1 N–H and O–H groups in total. The van der Waals surface area contributed by atoms with Gasteiger partial charge in [-0.05, 0) is 44.9 Å². The number of hydrogen-bond acceptors (Lipinski definition) is 7. The number of ketones is 1. The molecule has 0 unspecified atom stereocenters. The molecule has 0 aliphatic heterocycles. The first-order valence-electron chi connectivity index (χ1n) is 11.2. The van der Waals surface area contributed by atoms with Gasteiger partial charge >= 0.3 is 0 Å². The fraction of sp³-hybridized carbons (Fsp3) is 0.417. The number of carbonyl (C=O) groups is 1. The van der Waals surface area contributed by atoms with Gasteiger partial charge in [0.15, 0.2) is 17.4 Å². The van der Waals surface area contributed by atoms with E-state index in [9.17, 15) is 9.18 Å². The number of Topliss-reactive ketones (excluding diaryl/α,β-unsaturated/α-hetero) is 1. The summed E-state index contributed by atoms with van der Waals surface area (Å²) in [5, 5.41) is 4.69. The SMILES string of the molecule is Cc1noc(C)c1C(=O)C[C@H]1CCC[C@@H](Cc2nc(-c3c[nH]c4ncncc34)ncc2F)C1. The van der Waals surface area contributed by atoms with Crippen LogP contribution in [0, 0.1) is 31.5 Å². The second-order valence-electron chi connectivity index (χ2n) is 8.90. The Morgan fingerprint density at radius 3 is 2.88 bits per heavy atom. The van der Waals surface area contributed by atoms with Gasteiger partial charge in [-0.15, -0.1) is 0 Å². The molecule has 2 atom stereocenters. The Hall–Kier alpha value is -3.49. The molecule has 0 bridgehead atoms. The highest BCUT2D eigenvalue weighted by Crippen LogP contribution is 2.35. The smallest absolute Gasteiger partial charge is 0.168 e. The number of aromatic nitrogens is 6. The van der Waals surface area contributed by atoms with Gasteiger partial charge in [0.1, 0.15) is 17.7 Å². The topological polar surface area (TPSA) is 110 Å². The number of halogens is 1. The molecular formula is C24H25FN6O2. The van der Waals surface area contributed by atoms with E-state index >= 15 is 0 Å². The van der Waals surface area contributed by atoms with E-state index in [1.165, 1.54) is 12.5 Å². The second-order valence-corrected chi connectivity index (χ2v) is 8.90. The molecule has 0 aromatic carbocycles. The minimum Gasteiger partial charge on any atom is -0.361 e. The van der Waals surface area contributed by atoms with Gasteiger partial charge in [-0.25, -0.2) is 24.3 Å². The van der Waals surface area contributed by atoms with Gasteiger partial charge in [0, 0.05) is 29.8 Å². The predicted molar refractivity (Wildman–Crippen MR) is 119 cm³/mol. The molecule has 1 fully saturated rings. The molecular weight excluding hydrogens is 423 g/mol. The van der Waals surface area contributed by atoms with E-state index in [-0.39, 0.29) is 17.6 Å². The normalized spacial score (nSPS) is 18.6. The molecule has 0 amide bonds. The zero-order valence-electron chi connectivity index (χ0n) is 18.6. The fourth-order valence-corrected chi connectivity index (χ4v) is 5.01. The van der Waals surface area contributed by atoms with Gasteiger partial charge in [-0.3, -0.25) is 4.79 Å². The summed E-state index contributed by atoms with van der Waals surface area (Å²) in [6.45, 7) is 3.56. The van der Waals surface area contributed by atoms with E-state index in [0.29, 0.717) is 47.0 Å². The van der Waals surface area contributed by atoms with E-state index in [2.05, 4.69) is 30.1 Å². The van der Waals surface area contributed by atoms with Crippen LogP contribution in [0.25, 0.3) is 22.4 Å². The van der Waals surface area contributed by atoms with Crippen molar-refractivity contribution in [1.82, 2.24) is 30.1 Å². The molecule has 5 rings (SSSR count). The lowest BCUT2D eigenvalue weighted by molar-refractivity contribution is 0.0937. The number of fused-ring (bicyclic) bond motifs is 1. The van der Waals surface area contributed by atoms with E-state index in [1.54, 1.807) is 26.2 Å². The van der Waals surface area contributed by atoms with E-state index in [4.69, 9.17) is 4.52 Å². The monoisotopic (exact) mass is 448 g/mol. The highest BCUT2D eigenvalue weighted by Gasteiger charge is 2.28. The molecule has 0 radical (unpaired) electrons. The summed E-state index contributed by atoms with van der Waals surface area (Å²) in [6.07, 6.45) is 11.0. The van der Waals surface area contributed by atoms with Crippen LogP contribution in [0.4, 0.5) is 4.39 Å². The highest BCUT2D eigenvalue weighted by molar-refractivity contribution is 5.98. The Kier molecular flexibility index (Phi) is 5.70. The largest absolute Gasteiger partial charge is 0.361 e. The van der Waals surface area contributed by atoms with Gasteiger partial charge in [0.25, 0.3) is 0 Å². The molecule has 9 heteroatoms. The number of hydrogen-bond donors (Lipinski definition) is 1. The molecule has 4 heterocycles. The number of nitrogens with one attached hydrogen (secondary N) is 1. The van der Waals surface area contributed by atoms with Crippen molar-refractivity contribution in [1.29, 1.82) is 0 Å². The Bertz CT molecular complexity index is 1290. The third kappa shape index (κ3) is 4.27. The van der Waals surface area contributed by atoms with Gasteiger partial charge in [-0.2, -0.15) is 0 Å².